The first-order chi connectivity index (χ1) is 6.74. The maximum atomic E-state index is 8.45. The van der Waals surface area contributed by atoms with E-state index in [1.54, 1.807) is 4.68 Å². The molecule has 78 valence electrons. The van der Waals surface area contributed by atoms with Crippen molar-refractivity contribution in [3.8, 4) is 0 Å². The zero-order chi connectivity index (χ0) is 10.4. The topological polar surface area (TPSA) is 86.2 Å². The highest BCUT2D eigenvalue weighted by atomic mass is 32.1. The zero-order valence-corrected chi connectivity index (χ0v) is 8.40. The van der Waals surface area contributed by atoms with E-state index in [0.29, 0.717) is 25.6 Å². The highest BCUT2D eigenvalue weighted by molar-refractivity contribution is 7.80. The molecule has 0 radical (unpaired) electrons. The average molecular weight is 216 g/mol. The van der Waals surface area contributed by atoms with Crippen LogP contribution in [-0.4, -0.2) is 44.7 Å². The molecule has 0 saturated carbocycles. The molecule has 7 heteroatoms. The number of hydrogen-bond donors (Lipinski definition) is 2. The first kappa shape index (κ1) is 11.0. The zero-order valence-electron chi connectivity index (χ0n) is 7.59. The van der Waals surface area contributed by atoms with Crippen molar-refractivity contribution in [1.82, 2.24) is 14.8 Å². The summed E-state index contributed by atoms with van der Waals surface area (Å²) in [5.41, 5.74) is 5.33. The van der Waals surface area contributed by atoms with Crippen LogP contribution >= 0.6 is 12.2 Å². The minimum Gasteiger partial charge on any atom is -0.394 e. The molecular formula is C7H12N4O2S. The summed E-state index contributed by atoms with van der Waals surface area (Å²) in [6, 6.07) is 0. The Morgan fingerprint density at radius 3 is 3.00 bits per heavy atom. The second kappa shape index (κ2) is 5.63. The van der Waals surface area contributed by atoms with E-state index >= 15 is 0 Å². The van der Waals surface area contributed by atoms with E-state index in [1.807, 2.05) is 0 Å². The van der Waals surface area contributed by atoms with Crippen LogP contribution in [0.2, 0.25) is 0 Å². The largest absolute Gasteiger partial charge is 0.394 e. The Morgan fingerprint density at radius 2 is 2.43 bits per heavy atom. The predicted octanol–water partition coefficient (Wildman–Crippen LogP) is -1.08. The summed E-state index contributed by atoms with van der Waals surface area (Å²) in [6.07, 6.45) is 1.54. The normalized spacial score (nSPS) is 10.4. The summed E-state index contributed by atoms with van der Waals surface area (Å²) in [5.74, 6) is 0.363. The van der Waals surface area contributed by atoms with Crippen molar-refractivity contribution in [3.63, 3.8) is 0 Å². The van der Waals surface area contributed by atoms with Crippen LogP contribution in [0.15, 0.2) is 6.33 Å². The van der Waals surface area contributed by atoms with Gasteiger partial charge in [-0.1, -0.05) is 12.2 Å². The van der Waals surface area contributed by atoms with E-state index in [4.69, 9.17) is 27.8 Å². The maximum absolute atomic E-state index is 8.45. The lowest BCUT2D eigenvalue weighted by Crippen LogP contribution is -2.13. The lowest BCUT2D eigenvalue weighted by atomic mass is 10.6. The minimum atomic E-state index is 0.0233. The third kappa shape index (κ3) is 3.36. The molecule has 14 heavy (non-hydrogen) atoms. The molecule has 0 aliphatic rings. The second-order valence-electron chi connectivity index (χ2n) is 2.53. The molecule has 1 heterocycles. The van der Waals surface area contributed by atoms with Crippen molar-refractivity contribution in [2.75, 3.05) is 19.8 Å². The second-order valence-corrected chi connectivity index (χ2v) is 2.97. The molecule has 0 aromatic carbocycles. The molecule has 0 fully saturated rings. The molecule has 0 amide bonds. The van der Waals surface area contributed by atoms with Crippen LogP contribution in [0, 0.1) is 0 Å². The molecule has 0 aliphatic carbocycles. The Balaban J connectivity index is 2.33. The quantitative estimate of drug-likeness (QED) is 0.465. The Bertz CT molecular complexity index is 302. The highest BCUT2D eigenvalue weighted by Gasteiger charge is 2.02. The number of rotatable bonds is 6. The summed E-state index contributed by atoms with van der Waals surface area (Å²) in [7, 11) is 0. The van der Waals surface area contributed by atoms with Gasteiger partial charge in [-0.05, 0) is 0 Å². The highest BCUT2D eigenvalue weighted by Crippen LogP contribution is 1.90. The molecule has 0 unspecified atom stereocenters. The van der Waals surface area contributed by atoms with E-state index in [1.165, 1.54) is 6.33 Å². The fraction of sp³-hybridized carbons (Fsp3) is 0.571. The van der Waals surface area contributed by atoms with E-state index in [-0.39, 0.29) is 11.6 Å². The van der Waals surface area contributed by atoms with Crippen molar-refractivity contribution in [3.05, 3.63) is 12.2 Å². The standard InChI is InChI=1S/C7H12N4O2S/c8-6(14)7-9-5-11(10-7)1-3-13-4-2-12/h5,12H,1-4H2,(H2,8,14). The predicted molar refractivity (Wildman–Crippen MR) is 53.8 cm³/mol. The third-order valence-corrected chi connectivity index (χ3v) is 1.64. The van der Waals surface area contributed by atoms with E-state index in [0.717, 1.165) is 0 Å². The van der Waals surface area contributed by atoms with E-state index in [9.17, 15) is 0 Å². The molecule has 0 saturated heterocycles. The van der Waals surface area contributed by atoms with Gasteiger partial charge in [0.2, 0.25) is 5.82 Å². The van der Waals surface area contributed by atoms with E-state index in [2.05, 4.69) is 10.1 Å². The van der Waals surface area contributed by atoms with Crippen LogP contribution in [0.1, 0.15) is 5.82 Å². The van der Waals surface area contributed by atoms with Gasteiger partial charge in [-0.25, -0.2) is 9.67 Å². The van der Waals surface area contributed by atoms with Crippen LogP contribution in [0.5, 0.6) is 0 Å². The lowest BCUT2D eigenvalue weighted by Gasteiger charge is -2.00. The monoisotopic (exact) mass is 216 g/mol. The van der Waals surface area contributed by atoms with Crippen LogP contribution in [0.4, 0.5) is 0 Å². The fourth-order valence-corrected chi connectivity index (χ4v) is 0.933. The molecule has 1 rings (SSSR count). The van der Waals surface area contributed by atoms with Crippen LogP contribution < -0.4 is 5.73 Å². The van der Waals surface area contributed by atoms with Gasteiger partial charge in [0.15, 0.2) is 0 Å². The van der Waals surface area contributed by atoms with Gasteiger partial charge in [0.1, 0.15) is 11.3 Å². The van der Waals surface area contributed by atoms with Crippen molar-refractivity contribution in [2.24, 2.45) is 5.73 Å². The van der Waals surface area contributed by atoms with Crippen LogP contribution in [-0.2, 0) is 11.3 Å². The van der Waals surface area contributed by atoms with Crippen LogP contribution in [0.25, 0.3) is 0 Å². The Morgan fingerprint density at radius 1 is 1.64 bits per heavy atom. The number of nitrogens with zero attached hydrogens (tertiary/aromatic N) is 3. The number of hydrogen-bond acceptors (Lipinski definition) is 5. The van der Waals surface area contributed by atoms with Gasteiger partial charge < -0.3 is 15.6 Å². The molecule has 6 nitrogen and oxygen atoms in total. The van der Waals surface area contributed by atoms with Gasteiger partial charge in [0.25, 0.3) is 0 Å². The number of aliphatic hydroxyl groups excluding tert-OH is 1. The summed E-state index contributed by atoms with van der Waals surface area (Å²) in [4.78, 5) is 4.08. The summed E-state index contributed by atoms with van der Waals surface area (Å²) < 4.78 is 6.64. The SMILES string of the molecule is NC(=S)c1ncn(CCOCCO)n1. The number of aliphatic hydroxyl groups is 1. The summed E-state index contributed by atoms with van der Waals surface area (Å²) in [5, 5.41) is 12.5. The molecule has 0 bridgehead atoms. The molecule has 3 N–H and O–H groups in total. The number of thiocarbonyl (C=S) groups is 1. The molecular weight excluding hydrogens is 204 g/mol. The van der Waals surface area contributed by atoms with Gasteiger partial charge >= 0.3 is 0 Å². The number of nitrogens with two attached hydrogens (primary N) is 1. The average Bonchev–Trinajstić information content (AvgIpc) is 2.61. The fourth-order valence-electron chi connectivity index (χ4n) is 0.840. The maximum Gasteiger partial charge on any atom is 0.208 e. The third-order valence-electron chi connectivity index (χ3n) is 1.46. The first-order valence-corrected chi connectivity index (χ1v) is 4.52. The Hall–Kier alpha value is -1.05. The smallest absolute Gasteiger partial charge is 0.208 e. The minimum absolute atomic E-state index is 0.0233. The van der Waals surface area contributed by atoms with Crippen molar-refractivity contribution in [1.29, 1.82) is 0 Å². The first-order valence-electron chi connectivity index (χ1n) is 4.12. The number of ether oxygens (including phenoxy) is 1. The van der Waals surface area contributed by atoms with E-state index < -0.39 is 0 Å². The molecule has 1 aromatic heterocycles. The Kier molecular flexibility index (Phi) is 4.44. The van der Waals surface area contributed by atoms with Crippen molar-refractivity contribution < 1.29 is 9.84 Å². The van der Waals surface area contributed by atoms with Crippen molar-refractivity contribution in [2.45, 2.75) is 6.54 Å². The molecule has 0 atom stereocenters. The van der Waals surface area contributed by atoms with Gasteiger partial charge in [0, 0.05) is 0 Å². The van der Waals surface area contributed by atoms with Gasteiger partial charge in [0.05, 0.1) is 26.4 Å². The lowest BCUT2D eigenvalue weighted by molar-refractivity contribution is 0.0853. The summed E-state index contributed by atoms with van der Waals surface area (Å²) in [6.45, 7) is 1.39. The van der Waals surface area contributed by atoms with Crippen LogP contribution in [0.3, 0.4) is 0 Å². The van der Waals surface area contributed by atoms with Gasteiger partial charge in [-0.3, -0.25) is 0 Å². The number of aromatic nitrogens is 3. The van der Waals surface area contributed by atoms with Gasteiger partial charge in [-0.2, -0.15) is 0 Å². The van der Waals surface area contributed by atoms with Crippen molar-refractivity contribution >= 4 is 17.2 Å². The Labute approximate surface area is 86.7 Å². The molecule has 1 aromatic rings. The molecule has 0 spiro atoms. The summed E-state index contributed by atoms with van der Waals surface area (Å²) >= 11 is 4.70. The molecule has 0 aliphatic heterocycles. The van der Waals surface area contributed by atoms with Gasteiger partial charge in [-0.15, -0.1) is 5.10 Å².